The minimum absolute atomic E-state index is 0.0815. The third-order valence-corrected chi connectivity index (χ3v) is 2.84. The summed E-state index contributed by atoms with van der Waals surface area (Å²) >= 11 is 0. The Kier molecular flexibility index (Phi) is 4.67. The zero-order valence-electron chi connectivity index (χ0n) is 11.3. The standard InChI is InChI=1S/C14H24N2O/c1-5-9-17-13-10-11(7-8-12(13)15)16-14(3,4)6-2/h7-8,10,16H,5-6,9,15H2,1-4H3. The molecular weight excluding hydrogens is 212 g/mol. The number of benzene rings is 1. The second kappa shape index (κ2) is 5.80. The van der Waals surface area contributed by atoms with Crippen LogP contribution in [0.3, 0.4) is 0 Å². The average Bonchev–Trinajstić information content (AvgIpc) is 2.29. The van der Waals surface area contributed by atoms with Crippen molar-refractivity contribution < 1.29 is 4.74 Å². The lowest BCUT2D eigenvalue weighted by molar-refractivity contribution is 0.319. The van der Waals surface area contributed by atoms with Gasteiger partial charge in [-0.3, -0.25) is 0 Å². The predicted octanol–water partition coefficient (Wildman–Crippen LogP) is 3.66. The Morgan fingerprint density at radius 3 is 2.59 bits per heavy atom. The zero-order valence-corrected chi connectivity index (χ0v) is 11.3. The fraction of sp³-hybridized carbons (Fsp3) is 0.571. The van der Waals surface area contributed by atoms with E-state index in [0.29, 0.717) is 12.3 Å². The smallest absolute Gasteiger partial charge is 0.144 e. The molecule has 0 aliphatic rings. The van der Waals surface area contributed by atoms with Crippen molar-refractivity contribution in [3.05, 3.63) is 18.2 Å². The van der Waals surface area contributed by atoms with Gasteiger partial charge in [-0.1, -0.05) is 13.8 Å². The first-order chi connectivity index (χ1) is 7.98. The molecule has 1 rings (SSSR count). The van der Waals surface area contributed by atoms with Gasteiger partial charge in [-0.2, -0.15) is 0 Å². The van der Waals surface area contributed by atoms with Crippen molar-refractivity contribution >= 4 is 11.4 Å². The molecule has 3 nitrogen and oxygen atoms in total. The third-order valence-electron chi connectivity index (χ3n) is 2.84. The molecule has 0 fully saturated rings. The van der Waals surface area contributed by atoms with Crippen LogP contribution in [0.25, 0.3) is 0 Å². The number of ether oxygens (including phenoxy) is 1. The van der Waals surface area contributed by atoms with Gasteiger partial charge in [0.1, 0.15) is 5.75 Å². The molecule has 1 aromatic rings. The molecular formula is C14H24N2O. The van der Waals surface area contributed by atoms with Gasteiger partial charge in [0.05, 0.1) is 12.3 Å². The molecule has 0 heterocycles. The highest BCUT2D eigenvalue weighted by molar-refractivity contribution is 5.61. The Labute approximate surface area is 104 Å². The minimum atomic E-state index is 0.0815. The Balaban J connectivity index is 2.81. The maximum absolute atomic E-state index is 5.87. The van der Waals surface area contributed by atoms with Crippen molar-refractivity contribution in [3.8, 4) is 5.75 Å². The van der Waals surface area contributed by atoms with Gasteiger partial charge in [0.25, 0.3) is 0 Å². The third kappa shape index (κ3) is 4.17. The zero-order chi connectivity index (χ0) is 12.9. The average molecular weight is 236 g/mol. The summed E-state index contributed by atoms with van der Waals surface area (Å²) in [5, 5.41) is 3.48. The van der Waals surface area contributed by atoms with Crippen LogP contribution in [0.2, 0.25) is 0 Å². The van der Waals surface area contributed by atoms with E-state index in [1.54, 1.807) is 0 Å². The Morgan fingerprint density at radius 2 is 2.00 bits per heavy atom. The summed E-state index contributed by atoms with van der Waals surface area (Å²) in [5.74, 6) is 0.767. The lowest BCUT2D eigenvalue weighted by Gasteiger charge is -2.26. The predicted molar refractivity (Wildman–Crippen MR) is 74.6 cm³/mol. The largest absolute Gasteiger partial charge is 0.491 e. The van der Waals surface area contributed by atoms with E-state index in [4.69, 9.17) is 10.5 Å². The molecule has 0 aliphatic heterocycles. The number of nitrogen functional groups attached to an aromatic ring is 1. The molecule has 0 radical (unpaired) electrons. The van der Waals surface area contributed by atoms with Crippen molar-refractivity contribution in [2.45, 2.75) is 46.1 Å². The second-order valence-corrected chi connectivity index (χ2v) is 4.96. The number of nitrogens with one attached hydrogen (secondary N) is 1. The first-order valence-electron chi connectivity index (χ1n) is 6.29. The lowest BCUT2D eigenvalue weighted by atomic mass is 10.0. The van der Waals surface area contributed by atoms with Crippen LogP contribution in [0.5, 0.6) is 5.75 Å². The summed E-state index contributed by atoms with van der Waals surface area (Å²) in [7, 11) is 0. The maximum atomic E-state index is 5.87. The monoisotopic (exact) mass is 236 g/mol. The van der Waals surface area contributed by atoms with Gasteiger partial charge in [0.15, 0.2) is 0 Å². The van der Waals surface area contributed by atoms with E-state index in [-0.39, 0.29) is 5.54 Å². The second-order valence-electron chi connectivity index (χ2n) is 4.96. The molecule has 0 bridgehead atoms. The topological polar surface area (TPSA) is 47.3 Å². The van der Waals surface area contributed by atoms with Gasteiger partial charge in [-0.15, -0.1) is 0 Å². The van der Waals surface area contributed by atoms with E-state index in [0.717, 1.165) is 24.3 Å². The summed E-state index contributed by atoms with van der Waals surface area (Å²) in [6, 6.07) is 5.85. The van der Waals surface area contributed by atoms with Crippen molar-refractivity contribution in [1.29, 1.82) is 0 Å². The number of hydrogen-bond acceptors (Lipinski definition) is 3. The summed E-state index contributed by atoms with van der Waals surface area (Å²) in [4.78, 5) is 0. The maximum Gasteiger partial charge on any atom is 0.144 e. The molecule has 0 amide bonds. The fourth-order valence-electron chi connectivity index (χ4n) is 1.43. The van der Waals surface area contributed by atoms with Crippen LogP contribution in [-0.4, -0.2) is 12.1 Å². The Hall–Kier alpha value is -1.38. The fourth-order valence-corrected chi connectivity index (χ4v) is 1.43. The molecule has 3 N–H and O–H groups in total. The molecule has 0 aliphatic carbocycles. The van der Waals surface area contributed by atoms with Crippen LogP contribution >= 0.6 is 0 Å². The SMILES string of the molecule is CCCOc1cc(NC(C)(C)CC)ccc1N. The number of hydrogen-bond donors (Lipinski definition) is 2. The normalized spacial score (nSPS) is 11.3. The van der Waals surface area contributed by atoms with Crippen LogP contribution in [0.4, 0.5) is 11.4 Å². The van der Waals surface area contributed by atoms with Gasteiger partial charge in [0, 0.05) is 17.3 Å². The highest BCUT2D eigenvalue weighted by atomic mass is 16.5. The van der Waals surface area contributed by atoms with Crippen molar-refractivity contribution in [1.82, 2.24) is 0 Å². The molecule has 0 aromatic heterocycles. The van der Waals surface area contributed by atoms with Gasteiger partial charge < -0.3 is 15.8 Å². The number of nitrogens with two attached hydrogens (primary N) is 1. The molecule has 0 atom stereocenters. The molecule has 0 unspecified atom stereocenters. The highest BCUT2D eigenvalue weighted by Gasteiger charge is 2.14. The minimum Gasteiger partial charge on any atom is -0.491 e. The number of rotatable bonds is 6. The van der Waals surface area contributed by atoms with Crippen LogP contribution in [0, 0.1) is 0 Å². The number of anilines is 2. The Morgan fingerprint density at radius 1 is 1.29 bits per heavy atom. The molecule has 3 heteroatoms. The molecule has 96 valence electrons. The van der Waals surface area contributed by atoms with E-state index in [2.05, 4.69) is 33.0 Å². The quantitative estimate of drug-likeness (QED) is 0.741. The summed E-state index contributed by atoms with van der Waals surface area (Å²) < 4.78 is 5.61. The van der Waals surface area contributed by atoms with Crippen molar-refractivity contribution in [3.63, 3.8) is 0 Å². The van der Waals surface area contributed by atoms with Crippen LogP contribution in [0.15, 0.2) is 18.2 Å². The lowest BCUT2D eigenvalue weighted by Crippen LogP contribution is -2.29. The van der Waals surface area contributed by atoms with E-state index < -0.39 is 0 Å². The van der Waals surface area contributed by atoms with Gasteiger partial charge in [0.2, 0.25) is 0 Å². The van der Waals surface area contributed by atoms with E-state index in [1.807, 2.05) is 18.2 Å². The summed E-state index contributed by atoms with van der Waals surface area (Å²) in [5.41, 5.74) is 7.70. The van der Waals surface area contributed by atoms with Gasteiger partial charge in [-0.05, 0) is 38.8 Å². The molecule has 0 saturated heterocycles. The summed E-state index contributed by atoms with van der Waals surface area (Å²) in [6.07, 6.45) is 2.04. The van der Waals surface area contributed by atoms with Crippen LogP contribution in [-0.2, 0) is 0 Å². The van der Waals surface area contributed by atoms with Crippen molar-refractivity contribution in [2.24, 2.45) is 0 Å². The highest BCUT2D eigenvalue weighted by Crippen LogP contribution is 2.27. The molecule has 0 saturated carbocycles. The van der Waals surface area contributed by atoms with E-state index >= 15 is 0 Å². The first kappa shape index (κ1) is 13.7. The van der Waals surface area contributed by atoms with Gasteiger partial charge >= 0.3 is 0 Å². The molecule has 17 heavy (non-hydrogen) atoms. The molecule has 0 spiro atoms. The first-order valence-corrected chi connectivity index (χ1v) is 6.29. The molecule has 1 aromatic carbocycles. The van der Waals surface area contributed by atoms with Gasteiger partial charge in [-0.25, -0.2) is 0 Å². The van der Waals surface area contributed by atoms with Crippen LogP contribution in [0.1, 0.15) is 40.5 Å². The van der Waals surface area contributed by atoms with Crippen LogP contribution < -0.4 is 15.8 Å². The van der Waals surface area contributed by atoms with E-state index in [1.165, 1.54) is 0 Å². The van der Waals surface area contributed by atoms with Crippen molar-refractivity contribution in [2.75, 3.05) is 17.7 Å². The van der Waals surface area contributed by atoms with E-state index in [9.17, 15) is 0 Å². The Bertz CT molecular complexity index is 361. The summed E-state index contributed by atoms with van der Waals surface area (Å²) in [6.45, 7) is 9.30.